The number of aromatic nitrogens is 1. The van der Waals surface area contributed by atoms with E-state index < -0.39 is 0 Å². The molecule has 1 N–H and O–H groups in total. The largest absolute Gasteiger partial charge is 1.00 e. The fraction of sp³-hybridized carbons (Fsp3) is 0.583. The number of hydrogen-bond donors (Lipinski definition) is 1. The van der Waals surface area contributed by atoms with Gasteiger partial charge in [-0.1, -0.05) is 17.7 Å². The summed E-state index contributed by atoms with van der Waals surface area (Å²) in [5.41, 5.74) is 0. The maximum atomic E-state index is 5.79. The van der Waals surface area contributed by atoms with E-state index in [-0.39, 0.29) is 12.4 Å². The molecule has 96 valence electrons. The van der Waals surface area contributed by atoms with E-state index in [1.165, 1.54) is 25.9 Å². The van der Waals surface area contributed by atoms with Crippen LogP contribution in [-0.4, -0.2) is 31.7 Å². The van der Waals surface area contributed by atoms with Crippen molar-refractivity contribution in [2.24, 2.45) is 5.92 Å². The molecule has 1 fully saturated rings. The first-order valence-corrected chi connectivity index (χ1v) is 6.18. The van der Waals surface area contributed by atoms with Crippen molar-refractivity contribution in [1.29, 1.82) is 0 Å². The van der Waals surface area contributed by atoms with Crippen LogP contribution < -0.4 is 22.0 Å². The smallest absolute Gasteiger partial charge is 0.214 e. The zero-order valence-corrected chi connectivity index (χ0v) is 11.5. The Bertz CT molecular complexity index is 341. The Balaban J connectivity index is 0.00000144. The first-order chi connectivity index (χ1) is 7.74. The number of halogens is 2. The molecule has 0 unspecified atom stereocenters. The average Bonchev–Trinajstić information content (AvgIpc) is 2.28. The van der Waals surface area contributed by atoms with Crippen molar-refractivity contribution in [1.82, 2.24) is 4.98 Å². The highest BCUT2D eigenvalue weighted by Gasteiger charge is 2.19. The van der Waals surface area contributed by atoms with Gasteiger partial charge in [0.05, 0.1) is 26.7 Å². The molecule has 1 aliphatic heterocycles. The van der Waals surface area contributed by atoms with Crippen molar-refractivity contribution in [2.45, 2.75) is 12.8 Å². The minimum Gasteiger partial charge on any atom is -1.00 e. The SMILES string of the molecule is C[NH+]1CCC(COc2cccc(Cl)n2)CC1.[Cl-]. The third kappa shape index (κ3) is 4.70. The van der Waals surface area contributed by atoms with Crippen LogP contribution in [0.4, 0.5) is 0 Å². The van der Waals surface area contributed by atoms with Crippen molar-refractivity contribution >= 4 is 11.6 Å². The van der Waals surface area contributed by atoms with Crippen molar-refractivity contribution in [2.75, 3.05) is 26.7 Å². The second kappa shape index (κ2) is 7.04. The van der Waals surface area contributed by atoms with E-state index in [9.17, 15) is 0 Å². The summed E-state index contributed by atoms with van der Waals surface area (Å²) in [5, 5.41) is 0.491. The predicted octanol–water partition coefficient (Wildman–Crippen LogP) is -1.96. The lowest BCUT2D eigenvalue weighted by molar-refractivity contribution is -0.886. The summed E-state index contributed by atoms with van der Waals surface area (Å²) >= 11 is 5.79. The molecule has 2 heterocycles. The quantitative estimate of drug-likeness (QED) is 0.650. The summed E-state index contributed by atoms with van der Waals surface area (Å²) in [7, 11) is 2.25. The van der Waals surface area contributed by atoms with Crippen molar-refractivity contribution < 1.29 is 22.0 Å². The van der Waals surface area contributed by atoms with E-state index in [0.29, 0.717) is 17.0 Å². The van der Waals surface area contributed by atoms with Gasteiger partial charge in [0.15, 0.2) is 0 Å². The predicted molar refractivity (Wildman–Crippen MR) is 64.1 cm³/mol. The molecule has 2 rings (SSSR count). The topological polar surface area (TPSA) is 26.6 Å². The van der Waals surface area contributed by atoms with Crippen LogP contribution in [0.2, 0.25) is 5.15 Å². The molecule has 5 heteroatoms. The minimum atomic E-state index is 0. The van der Waals surface area contributed by atoms with Gasteiger partial charge >= 0.3 is 0 Å². The average molecular weight is 277 g/mol. The van der Waals surface area contributed by atoms with Gasteiger partial charge in [-0.25, -0.2) is 4.98 Å². The van der Waals surface area contributed by atoms with E-state index in [2.05, 4.69) is 12.0 Å². The Morgan fingerprint density at radius 2 is 2.12 bits per heavy atom. The minimum absolute atomic E-state index is 0. The molecule has 1 aromatic rings. The second-order valence-electron chi connectivity index (χ2n) is 4.51. The Kier molecular flexibility index (Phi) is 6.03. The molecule has 1 aromatic heterocycles. The van der Waals surface area contributed by atoms with E-state index >= 15 is 0 Å². The Morgan fingerprint density at radius 1 is 1.41 bits per heavy atom. The van der Waals surface area contributed by atoms with Gasteiger partial charge in [0.2, 0.25) is 5.88 Å². The molecule has 0 aromatic carbocycles. The number of ether oxygens (including phenoxy) is 1. The molecule has 17 heavy (non-hydrogen) atoms. The highest BCUT2D eigenvalue weighted by atomic mass is 35.5. The molecule has 0 radical (unpaired) electrons. The van der Waals surface area contributed by atoms with Crippen LogP contribution in [0.1, 0.15) is 12.8 Å². The molecule has 0 spiro atoms. The Morgan fingerprint density at radius 3 is 2.76 bits per heavy atom. The van der Waals surface area contributed by atoms with Crippen LogP contribution in [0, 0.1) is 5.92 Å². The van der Waals surface area contributed by atoms with E-state index in [1.54, 1.807) is 11.0 Å². The van der Waals surface area contributed by atoms with Gasteiger partial charge in [0.1, 0.15) is 5.15 Å². The molecule has 0 saturated carbocycles. The number of pyridine rings is 1. The van der Waals surface area contributed by atoms with E-state index in [0.717, 1.165) is 6.61 Å². The number of rotatable bonds is 3. The summed E-state index contributed by atoms with van der Waals surface area (Å²) in [6, 6.07) is 5.48. The first-order valence-electron chi connectivity index (χ1n) is 5.80. The highest BCUT2D eigenvalue weighted by molar-refractivity contribution is 6.29. The number of nitrogens with one attached hydrogen (secondary N) is 1. The lowest BCUT2D eigenvalue weighted by atomic mass is 9.98. The zero-order chi connectivity index (χ0) is 11.4. The molecule has 0 atom stereocenters. The molecule has 1 aliphatic rings. The second-order valence-corrected chi connectivity index (χ2v) is 4.90. The van der Waals surface area contributed by atoms with Gasteiger partial charge in [-0.3, -0.25) is 0 Å². The van der Waals surface area contributed by atoms with Crippen molar-refractivity contribution in [3.63, 3.8) is 0 Å². The van der Waals surface area contributed by atoms with Gasteiger partial charge in [0.25, 0.3) is 0 Å². The Hall–Kier alpha value is -0.510. The summed E-state index contributed by atoms with van der Waals surface area (Å²) < 4.78 is 5.66. The molecule has 0 amide bonds. The standard InChI is InChI=1S/C12H17ClN2O.ClH/c1-15-7-5-10(6-8-15)9-16-12-4-2-3-11(13)14-12;/h2-4,10H,5-9H2,1H3;1H. The summed E-state index contributed by atoms with van der Waals surface area (Å²) in [6.45, 7) is 3.26. The van der Waals surface area contributed by atoms with Crippen molar-refractivity contribution in [3.8, 4) is 5.88 Å². The number of hydrogen-bond acceptors (Lipinski definition) is 2. The summed E-state index contributed by atoms with van der Waals surface area (Å²) in [4.78, 5) is 5.73. The van der Waals surface area contributed by atoms with Gasteiger partial charge in [0, 0.05) is 24.8 Å². The molecule has 0 aliphatic carbocycles. The van der Waals surface area contributed by atoms with E-state index in [1.807, 2.05) is 12.1 Å². The monoisotopic (exact) mass is 276 g/mol. The molecular weight excluding hydrogens is 259 g/mol. The van der Waals surface area contributed by atoms with Gasteiger partial charge in [-0.05, 0) is 6.07 Å². The van der Waals surface area contributed by atoms with Crippen LogP contribution in [0.3, 0.4) is 0 Å². The normalized spacial score (nSPS) is 23.9. The van der Waals surface area contributed by atoms with Gasteiger partial charge < -0.3 is 22.0 Å². The van der Waals surface area contributed by atoms with Crippen LogP contribution in [0.15, 0.2) is 18.2 Å². The zero-order valence-electron chi connectivity index (χ0n) is 9.96. The molecule has 3 nitrogen and oxygen atoms in total. The number of likely N-dealkylation sites (tertiary alicyclic amines) is 1. The fourth-order valence-electron chi connectivity index (χ4n) is 2.01. The number of quaternary nitrogens is 1. The van der Waals surface area contributed by atoms with E-state index in [4.69, 9.17) is 16.3 Å². The number of piperidine rings is 1. The van der Waals surface area contributed by atoms with Crippen LogP contribution in [0.25, 0.3) is 0 Å². The lowest BCUT2D eigenvalue weighted by Crippen LogP contribution is -3.10. The van der Waals surface area contributed by atoms with Gasteiger partial charge in [-0.2, -0.15) is 0 Å². The van der Waals surface area contributed by atoms with Crippen molar-refractivity contribution in [3.05, 3.63) is 23.4 Å². The summed E-state index contributed by atoms with van der Waals surface area (Å²) in [5.74, 6) is 1.31. The maximum Gasteiger partial charge on any atom is 0.214 e. The van der Waals surface area contributed by atoms with Crippen LogP contribution in [-0.2, 0) is 0 Å². The lowest BCUT2D eigenvalue weighted by Gasteiger charge is -2.26. The first kappa shape index (κ1) is 14.6. The van der Waals surface area contributed by atoms with Crippen LogP contribution >= 0.6 is 11.6 Å². The van der Waals surface area contributed by atoms with Crippen LogP contribution in [0.5, 0.6) is 5.88 Å². The fourth-order valence-corrected chi connectivity index (χ4v) is 2.17. The molecular formula is C12H18Cl2N2O. The summed E-state index contributed by atoms with van der Waals surface area (Å²) in [6.07, 6.45) is 2.48. The van der Waals surface area contributed by atoms with Gasteiger partial charge in [-0.15, -0.1) is 0 Å². The maximum absolute atomic E-state index is 5.79. The number of nitrogens with zero attached hydrogens (tertiary/aromatic N) is 1. The third-order valence-corrected chi connectivity index (χ3v) is 3.33. The third-order valence-electron chi connectivity index (χ3n) is 3.12. The molecule has 0 bridgehead atoms. The Labute approximate surface area is 114 Å². The molecule has 1 saturated heterocycles. The highest BCUT2D eigenvalue weighted by Crippen LogP contribution is 2.15.